The minimum atomic E-state index is -0.780. The van der Waals surface area contributed by atoms with Gasteiger partial charge >= 0.3 is 12.0 Å². The highest BCUT2D eigenvalue weighted by molar-refractivity contribution is 5.75. The summed E-state index contributed by atoms with van der Waals surface area (Å²) in [5.74, 6) is 0.326. The smallest absolute Gasteiger partial charge is 0.317 e. The van der Waals surface area contributed by atoms with E-state index in [1.165, 1.54) is 0 Å². The van der Waals surface area contributed by atoms with Crippen molar-refractivity contribution in [3.8, 4) is 11.5 Å². The first-order chi connectivity index (χ1) is 13.0. The number of aliphatic carboxylic acids is 1. The lowest BCUT2D eigenvalue weighted by molar-refractivity contribution is -0.143. The van der Waals surface area contributed by atoms with E-state index in [4.69, 9.17) is 9.84 Å². The molecular weight excluding hydrogens is 344 g/mol. The van der Waals surface area contributed by atoms with E-state index in [2.05, 4.69) is 5.32 Å². The Morgan fingerprint density at radius 1 is 1.15 bits per heavy atom. The van der Waals surface area contributed by atoms with Gasteiger partial charge in [0, 0.05) is 25.2 Å². The van der Waals surface area contributed by atoms with Crippen molar-refractivity contribution >= 4 is 12.0 Å². The van der Waals surface area contributed by atoms with E-state index < -0.39 is 5.97 Å². The third-order valence-corrected chi connectivity index (χ3v) is 4.76. The Morgan fingerprint density at radius 3 is 2.52 bits per heavy atom. The normalized spacial score (nSPS) is 14.6. The number of carbonyl (C=O) groups is 2. The molecule has 0 aliphatic carbocycles. The first kappa shape index (κ1) is 18.8. The van der Waals surface area contributed by atoms with Gasteiger partial charge in [-0.15, -0.1) is 0 Å². The number of nitrogens with one attached hydrogen (secondary N) is 1. The fourth-order valence-electron chi connectivity index (χ4n) is 3.13. The number of rotatable bonds is 5. The van der Waals surface area contributed by atoms with Crippen LogP contribution in [0, 0.1) is 12.8 Å². The van der Waals surface area contributed by atoms with Crippen molar-refractivity contribution < 1.29 is 19.4 Å². The number of urea groups is 1. The van der Waals surface area contributed by atoms with Crippen LogP contribution in [0.4, 0.5) is 4.79 Å². The number of aryl methyl sites for hydroxylation is 1. The Bertz CT molecular complexity index is 799. The van der Waals surface area contributed by atoms with Gasteiger partial charge in [0.15, 0.2) is 0 Å². The van der Waals surface area contributed by atoms with E-state index in [1.807, 2.05) is 55.5 Å². The summed E-state index contributed by atoms with van der Waals surface area (Å²) in [6.45, 7) is 3.26. The Labute approximate surface area is 158 Å². The second-order valence-electron chi connectivity index (χ2n) is 6.78. The van der Waals surface area contributed by atoms with Crippen LogP contribution in [-0.4, -0.2) is 35.1 Å². The van der Waals surface area contributed by atoms with Gasteiger partial charge in [-0.1, -0.05) is 30.3 Å². The number of amides is 2. The molecule has 2 aromatic rings. The first-order valence-electron chi connectivity index (χ1n) is 9.11. The number of carbonyl (C=O) groups excluding carboxylic acids is 1. The van der Waals surface area contributed by atoms with E-state index in [-0.39, 0.29) is 11.9 Å². The molecule has 27 heavy (non-hydrogen) atoms. The van der Waals surface area contributed by atoms with E-state index in [0.29, 0.717) is 38.2 Å². The van der Waals surface area contributed by atoms with Gasteiger partial charge in [-0.25, -0.2) is 4.79 Å². The number of piperidine rings is 1. The number of carboxylic acids is 1. The molecule has 2 amide bonds. The zero-order valence-electron chi connectivity index (χ0n) is 15.4. The summed E-state index contributed by atoms with van der Waals surface area (Å²) < 4.78 is 5.98. The maximum atomic E-state index is 12.4. The molecule has 6 nitrogen and oxygen atoms in total. The Hall–Kier alpha value is -3.02. The Balaban J connectivity index is 1.61. The predicted molar refractivity (Wildman–Crippen MR) is 102 cm³/mol. The van der Waals surface area contributed by atoms with Crippen molar-refractivity contribution in [2.24, 2.45) is 5.92 Å². The second kappa shape index (κ2) is 8.58. The number of likely N-dealkylation sites (tertiary alicyclic amines) is 1. The van der Waals surface area contributed by atoms with Crippen LogP contribution in [0.15, 0.2) is 48.5 Å². The van der Waals surface area contributed by atoms with Crippen LogP contribution in [0.1, 0.15) is 24.0 Å². The van der Waals surface area contributed by atoms with E-state index in [9.17, 15) is 9.59 Å². The molecule has 2 aromatic carbocycles. The Morgan fingerprint density at radius 2 is 1.85 bits per heavy atom. The Kier molecular flexibility index (Phi) is 5.96. The third-order valence-electron chi connectivity index (χ3n) is 4.76. The van der Waals surface area contributed by atoms with Crippen LogP contribution < -0.4 is 10.1 Å². The van der Waals surface area contributed by atoms with Gasteiger partial charge in [0.25, 0.3) is 0 Å². The van der Waals surface area contributed by atoms with Gasteiger partial charge in [-0.2, -0.15) is 0 Å². The molecule has 0 saturated carbocycles. The highest BCUT2D eigenvalue weighted by Crippen LogP contribution is 2.26. The topological polar surface area (TPSA) is 78.9 Å². The predicted octanol–water partition coefficient (Wildman–Crippen LogP) is 3.79. The van der Waals surface area contributed by atoms with Gasteiger partial charge in [-0.3, -0.25) is 4.79 Å². The average molecular weight is 368 g/mol. The maximum absolute atomic E-state index is 12.4. The first-order valence-corrected chi connectivity index (χ1v) is 9.11. The summed E-state index contributed by atoms with van der Waals surface area (Å²) in [6.07, 6.45) is 0.991. The standard InChI is InChI=1S/C21H24N2O4/c1-15-7-8-17(19(13-15)27-18-5-3-2-4-6-18)14-22-21(26)23-11-9-16(10-12-23)20(24)25/h2-8,13,16H,9-12,14H2,1H3,(H,22,26)(H,24,25). The number of ether oxygens (including phenoxy) is 1. The summed E-state index contributed by atoms with van der Waals surface area (Å²) in [7, 11) is 0. The molecule has 0 unspecified atom stereocenters. The fourth-order valence-corrected chi connectivity index (χ4v) is 3.13. The van der Waals surface area contributed by atoms with Crippen LogP contribution in [0.3, 0.4) is 0 Å². The molecule has 1 fully saturated rings. The monoisotopic (exact) mass is 368 g/mol. The lowest BCUT2D eigenvalue weighted by Gasteiger charge is -2.30. The molecule has 0 atom stereocenters. The molecule has 1 saturated heterocycles. The van der Waals surface area contributed by atoms with Crippen LogP contribution in [0.5, 0.6) is 11.5 Å². The zero-order valence-corrected chi connectivity index (χ0v) is 15.4. The number of para-hydroxylation sites is 1. The molecular formula is C21H24N2O4. The summed E-state index contributed by atoms with van der Waals surface area (Å²) in [5, 5.41) is 12.0. The summed E-state index contributed by atoms with van der Waals surface area (Å²) in [5.41, 5.74) is 1.96. The lowest BCUT2D eigenvalue weighted by atomic mass is 9.97. The summed E-state index contributed by atoms with van der Waals surface area (Å²) in [6, 6.07) is 15.2. The molecule has 0 radical (unpaired) electrons. The van der Waals surface area contributed by atoms with E-state index in [0.717, 1.165) is 16.9 Å². The quantitative estimate of drug-likeness (QED) is 0.841. The van der Waals surface area contributed by atoms with Crippen LogP contribution >= 0.6 is 0 Å². The minimum Gasteiger partial charge on any atom is -0.481 e. The molecule has 1 aliphatic rings. The largest absolute Gasteiger partial charge is 0.481 e. The van der Waals surface area contributed by atoms with Gasteiger partial charge in [0.1, 0.15) is 11.5 Å². The number of hydrogen-bond acceptors (Lipinski definition) is 3. The molecule has 0 bridgehead atoms. The fraction of sp³-hybridized carbons (Fsp3) is 0.333. The molecule has 2 N–H and O–H groups in total. The van der Waals surface area contributed by atoms with Gasteiger partial charge in [0.2, 0.25) is 0 Å². The van der Waals surface area contributed by atoms with Crippen LogP contribution in [-0.2, 0) is 11.3 Å². The van der Waals surface area contributed by atoms with E-state index >= 15 is 0 Å². The van der Waals surface area contributed by atoms with Gasteiger partial charge < -0.3 is 20.1 Å². The number of benzene rings is 2. The van der Waals surface area contributed by atoms with Crippen LogP contribution in [0.25, 0.3) is 0 Å². The number of carboxylic acid groups (broad SMARTS) is 1. The molecule has 142 valence electrons. The molecule has 0 aromatic heterocycles. The van der Waals surface area contributed by atoms with Crippen molar-refractivity contribution in [1.29, 1.82) is 0 Å². The lowest BCUT2D eigenvalue weighted by Crippen LogP contribution is -2.45. The third kappa shape index (κ3) is 5.00. The van der Waals surface area contributed by atoms with E-state index in [1.54, 1.807) is 4.90 Å². The highest BCUT2D eigenvalue weighted by atomic mass is 16.5. The van der Waals surface area contributed by atoms with Crippen molar-refractivity contribution in [2.75, 3.05) is 13.1 Å². The molecule has 3 rings (SSSR count). The molecule has 1 aliphatic heterocycles. The van der Waals surface area contributed by atoms with Crippen molar-refractivity contribution in [1.82, 2.24) is 10.2 Å². The maximum Gasteiger partial charge on any atom is 0.317 e. The highest BCUT2D eigenvalue weighted by Gasteiger charge is 2.26. The van der Waals surface area contributed by atoms with Gasteiger partial charge in [-0.05, 0) is 43.5 Å². The van der Waals surface area contributed by atoms with Crippen molar-refractivity contribution in [3.05, 3.63) is 59.7 Å². The number of nitrogens with zero attached hydrogens (tertiary/aromatic N) is 1. The second-order valence-corrected chi connectivity index (χ2v) is 6.78. The molecule has 1 heterocycles. The summed E-state index contributed by atoms with van der Waals surface area (Å²) in [4.78, 5) is 25.1. The average Bonchev–Trinajstić information content (AvgIpc) is 2.68. The van der Waals surface area contributed by atoms with Crippen molar-refractivity contribution in [2.45, 2.75) is 26.3 Å². The molecule has 0 spiro atoms. The van der Waals surface area contributed by atoms with Crippen molar-refractivity contribution in [3.63, 3.8) is 0 Å². The number of hydrogen-bond donors (Lipinski definition) is 2. The molecule has 6 heteroatoms. The summed E-state index contributed by atoms with van der Waals surface area (Å²) >= 11 is 0. The van der Waals surface area contributed by atoms with Crippen LogP contribution in [0.2, 0.25) is 0 Å². The zero-order chi connectivity index (χ0) is 19.2. The minimum absolute atomic E-state index is 0.176. The SMILES string of the molecule is Cc1ccc(CNC(=O)N2CCC(C(=O)O)CC2)c(Oc2ccccc2)c1. The van der Waals surface area contributed by atoms with Gasteiger partial charge in [0.05, 0.1) is 5.92 Å².